The van der Waals surface area contributed by atoms with E-state index in [0.717, 1.165) is 35.1 Å². The van der Waals surface area contributed by atoms with Crippen LogP contribution in [-0.4, -0.2) is 0 Å². The highest BCUT2D eigenvalue weighted by Crippen LogP contribution is 2.59. The van der Waals surface area contributed by atoms with Gasteiger partial charge in [0.1, 0.15) is 11.2 Å². The van der Waals surface area contributed by atoms with E-state index in [1.54, 1.807) is 0 Å². The maximum absolute atomic E-state index is 8.42. The molecule has 1 heterocycles. The summed E-state index contributed by atoms with van der Waals surface area (Å²) >= 11 is 0. The van der Waals surface area contributed by atoms with Gasteiger partial charge in [-0.25, -0.2) is 0 Å². The Morgan fingerprint density at radius 2 is 0.582 bits per heavy atom. The van der Waals surface area contributed by atoms with Crippen molar-refractivity contribution in [2.24, 2.45) is 0 Å². The Balaban J connectivity index is 1.54. The highest BCUT2D eigenvalue weighted by molar-refractivity contribution is 5.99. The van der Waals surface area contributed by atoms with Gasteiger partial charge in [-0.1, -0.05) is 204 Å². The van der Waals surface area contributed by atoms with Gasteiger partial charge in [-0.2, -0.15) is 0 Å². The molecule has 0 spiro atoms. The van der Waals surface area contributed by atoms with Gasteiger partial charge in [0.05, 0.1) is 0 Å². The molecule has 0 fully saturated rings. The largest absolute Gasteiger partial charge is 0.340 e. The Bertz CT molecular complexity index is 2090. The average Bonchev–Trinajstić information content (AvgIpc) is 3.57. The molecule has 0 saturated carbocycles. The van der Waals surface area contributed by atoms with Gasteiger partial charge in [0.25, 0.3) is 0 Å². The lowest BCUT2D eigenvalue weighted by molar-refractivity contribution is -0.0849. The molecule has 6 aromatic rings. The molecule has 0 saturated heterocycles. The monoisotopic (exact) mass is 724 g/mol. The van der Waals surface area contributed by atoms with Crippen molar-refractivity contribution in [2.75, 3.05) is 0 Å². The third-order valence-corrected chi connectivity index (χ3v) is 12.7. The SMILES string of the molecule is CC(C)(C)c1ccc(C2(c3ccc(C(C)(C)C)cc3)OC(c3ccc(C(C)(C)C)cc3)(c3ccc(C(C)(C)C)cc3)c3ccc4c5c(ccc2c35)CC4)cc1. The zero-order valence-corrected chi connectivity index (χ0v) is 35.4. The third kappa shape index (κ3) is 6.01. The zero-order chi connectivity index (χ0) is 39.3. The first-order valence-corrected chi connectivity index (χ1v) is 20.5. The summed E-state index contributed by atoms with van der Waals surface area (Å²) in [5, 5.41) is 2.76. The zero-order valence-electron chi connectivity index (χ0n) is 35.4. The van der Waals surface area contributed by atoms with E-state index < -0.39 is 11.2 Å². The van der Waals surface area contributed by atoms with Gasteiger partial charge in [-0.15, -0.1) is 0 Å². The first kappa shape index (κ1) is 37.5. The Labute approximate surface area is 331 Å². The van der Waals surface area contributed by atoms with E-state index in [-0.39, 0.29) is 21.7 Å². The summed E-state index contributed by atoms with van der Waals surface area (Å²) in [5.41, 5.74) is 13.4. The Morgan fingerprint density at radius 1 is 0.327 bits per heavy atom. The number of aryl methyl sites for hydroxylation is 2. The number of benzene rings is 6. The second-order valence-corrected chi connectivity index (χ2v) is 20.6. The maximum atomic E-state index is 8.42. The Hall–Kier alpha value is -4.46. The highest BCUT2D eigenvalue weighted by atomic mass is 16.5. The van der Waals surface area contributed by atoms with Crippen LogP contribution in [0.5, 0.6) is 0 Å². The number of hydrogen-bond donors (Lipinski definition) is 0. The minimum absolute atomic E-state index is 0.0238. The summed E-state index contributed by atoms with van der Waals surface area (Å²) < 4.78 is 8.42. The van der Waals surface area contributed by atoms with Gasteiger partial charge < -0.3 is 4.74 Å². The molecule has 1 nitrogen and oxygen atoms in total. The van der Waals surface area contributed by atoms with Crippen molar-refractivity contribution < 1.29 is 4.74 Å². The van der Waals surface area contributed by atoms with Crippen LogP contribution in [0, 0.1) is 0 Å². The van der Waals surface area contributed by atoms with Gasteiger partial charge >= 0.3 is 0 Å². The third-order valence-electron chi connectivity index (χ3n) is 12.7. The molecule has 6 aromatic carbocycles. The van der Waals surface area contributed by atoms with Crippen LogP contribution >= 0.6 is 0 Å². The lowest BCUT2D eigenvalue weighted by Gasteiger charge is -2.51. The van der Waals surface area contributed by atoms with E-state index in [4.69, 9.17) is 4.74 Å². The summed E-state index contributed by atoms with van der Waals surface area (Å²) in [6, 6.07) is 47.0. The van der Waals surface area contributed by atoms with Crippen LogP contribution < -0.4 is 0 Å². The van der Waals surface area contributed by atoms with Crippen LogP contribution in [0.4, 0.5) is 0 Å². The van der Waals surface area contributed by atoms with E-state index >= 15 is 0 Å². The van der Waals surface area contributed by atoms with Gasteiger partial charge in [0, 0.05) is 11.1 Å². The summed E-state index contributed by atoms with van der Waals surface area (Å²) in [5.74, 6) is 0. The van der Waals surface area contributed by atoms with Crippen LogP contribution in [0.2, 0.25) is 0 Å². The molecule has 0 atom stereocenters. The van der Waals surface area contributed by atoms with Crippen molar-refractivity contribution in [3.8, 4) is 0 Å². The second-order valence-electron chi connectivity index (χ2n) is 20.6. The molecular weight excluding hydrogens is 665 g/mol. The number of ether oxygens (including phenoxy) is 1. The quantitative estimate of drug-likeness (QED) is 0.176. The normalized spacial score (nSPS) is 16.4. The summed E-state index contributed by atoms with van der Waals surface area (Å²) in [4.78, 5) is 0. The van der Waals surface area contributed by atoms with Gasteiger partial charge in [0.15, 0.2) is 0 Å². The van der Waals surface area contributed by atoms with Crippen molar-refractivity contribution in [3.63, 3.8) is 0 Å². The molecular formula is C54H60O. The van der Waals surface area contributed by atoms with E-state index in [0.29, 0.717) is 0 Å². The molecule has 0 radical (unpaired) electrons. The van der Waals surface area contributed by atoms with Crippen molar-refractivity contribution in [2.45, 2.75) is 129 Å². The molecule has 8 rings (SSSR count). The fraction of sp³-hybridized carbons (Fsp3) is 0.370. The molecule has 1 heteroatoms. The summed E-state index contributed by atoms with van der Waals surface area (Å²) in [6.07, 6.45) is 2.13. The molecule has 282 valence electrons. The lowest BCUT2D eigenvalue weighted by Crippen LogP contribution is -2.48. The average molecular weight is 725 g/mol. The van der Waals surface area contributed by atoms with Crippen LogP contribution in [0.15, 0.2) is 121 Å². The summed E-state index contributed by atoms with van der Waals surface area (Å²) in [7, 11) is 0. The standard InChI is InChI=1S/C54H60O/c1-49(2,3)37-17-25-41(26-18-37)53(42-27-19-38(20-28-42)50(4,5)6)45-33-15-35-13-14-36-16-34-46(48(45)47(35)36)54(55-53,43-29-21-39(22-30-43)51(7,8)9)44-31-23-40(24-32-44)52(10,11)12/h15-34H,13-14H2,1-12H3. The van der Waals surface area contributed by atoms with Crippen LogP contribution in [0.3, 0.4) is 0 Å². The molecule has 2 aliphatic rings. The van der Waals surface area contributed by atoms with E-state index in [1.807, 2.05) is 0 Å². The smallest absolute Gasteiger partial charge is 0.146 e. The van der Waals surface area contributed by atoms with Crippen molar-refractivity contribution in [3.05, 3.63) is 188 Å². The number of hydrogen-bond acceptors (Lipinski definition) is 1. The minimum Gasteiger partial charge on any atom is -0.340 e. The maximum Gasteiger partial charge on any atom is 0.146 e. The Kier molecular flexibility index (Phi) is 8.53. The van der Waals surface area contributed by atoms with Crippen LogP contribution in [-0.2, 0) is 50.4 Å². The fourth-order valence-corrected chi connectivity index (χ4v) is 9.27. The molecule has 1 aliphatic heterocycles. The van der Waals surface area contributed by atoms with E-state index in [2.05, 4.69) is 204 Å². The van der Waals surface area contributed by atoms with E-state index in [9.17, 15) is 0 Å². The van der Waals surface area contributed by atoms with Crippen molar-refractivity contribution in [1.29, 1.82) is 0 Å². The molecule has 0 amide bonds. The number of rotatable bonds is 4. The first-order valence-electron chi connectivity index (χ1n) is 20.5. The Morgan fingerprint density at radius 3 is 0.818 bits per heavy atom. The van der Waals surface area contributed by atoms with E-state index in [1.165, 1.54) is 55.3 Å². The van der Waals surface area contributed by atoms with Crippen LogP contribution in [0.1, 0.15) is 150 Å². The molecule has 55 heavy (non-hydrogen) atoms. The topological polar surface area (TPSA) is 9.23 Å². The molecule has 0 N–H and O–H groups in total. The van der Waals surface area contributed by atoms with Crippen LogP contribution in [0.25, 0.3) is 10.8 Å². The predicted molar refractivity (Wildman–Crippen MR) is 233 cm³/mol. The van der Waals surface area contributed by atoms with Gasteiger partial charge in [-0.05, 0) is 101 Å². The lowest BCUT2D eigenvalue weighted by atomic mass is 9.67. The molecule has 0 bridgehead atoms. The van der Waals surface area contributed by atoms with Crippen molar-refractivity contribution in [1.82, 2.24) is 0 Å². The highest BCUT2D eigenvalue weighted by Gasteiger charge is 2.54. The van der Waals surface area contributed by atoms with Crippen molar-refractivity contribution >= 4 is 10.8 Å². The summed E-state index contributed by atoms with van der Waals surface area (Å²) in [6.45, 7) is 27.5. The molecule has 1 aliphatic carbocycles. The second kappa shape index (κ2) is 12.5. The molecule has 0 unspecified atom stereocenters. The fourth-order valence-electron chi connectivity index (χ4n) is 9.27. The minimum atomic E-state index is -0.926. The van der Waals surface area contributed by atoms with Gasteiger partial charge in [0.2, 0.25) is 0 Å². The predicted octanol–water partition coefficient (Wildman–Crippen LogP) is 13.7. The molecule has 0 aromatic heterocycles. The first-order chi connectivity index (χ1) is 25.7. The van der Waals surface area contributed by atoms with Gasteiger partial charge in [-0.3, -0.25) is 0 Å².